The molecule has 18 N–H and O–H groups in total. The van der Waals surface area contributed by atoms with Gasteiger partial charge in [0, 0.05) is 35.7 Å². The van der Waals surface area contributed by atoms with Crippen LogP contribution in [0.4, 0.5) is 11.6 Å². The Kier molecular flexibility index (Phi) is 22.3. The third-order valence-corrected chi connectivity index (χ3v) is 11.5. The molecule has 3 aromatic rings. The van der Waals surface area contributed by atoms with E-state index in [0.717, 1.165) is 21.6 Å². The summed E-state index contributed by atoms with van der Waals surface area (Å²) in [5.41, 5.74) is 11.2. The summed E-state index contributed by atoms with van der Waals surface area (Å²) in [6, 6.07) is -2.93. The number of nitrogen functional groups attached to an aromatic ring is 1. The zero-order chi connectivity index (χ0) is 51.2. The van der Waals surface area contributed by atoms with Crippen molar-refractivity contribution < 1.29 is 68.7 Å². The normalized spacial score (nSPS) is 13.0. The molecule has 2 aromatic heterocycles. The molecule has 69 heavy (non-hydrogen) atoms. The van der Waals surface area contributed by atoms with Crippen LogP contribution in [0.15, 0.2) is 35.3 Å². The molecular formula is C38H50N14O15S2. The van der Waals surface area contributed by atoms with E-state index in [0.29, 0.717) is 11.4 Å². The number of nitrogens with zero attached hydrogens (tertiary/aromatic N) is 3. The van der Waals surface area contributed by atoms with Gasteiger partial charge in [-0.1, -0.05) is 21.6 Å². The van der Waals surface area contributed by atoms with Crippen molar-refractivity contribution in [1.82, 2.24) is 51.8 Å². The first-order chi connectivity index (χ1) is 32.7. The van der Waals surface area contributed by atoms with Crippen molar-refractivity contribution in [2.24, 2.45) is 5.73 Å². The molecule has 2 heterocycles. The number of nitrogens with one attached hydrogen (secondary N) is 9. The van der Waals surface area contributed by atoms with Crippen molar-refractivity contribution in [3.05, 3.63) is 52.1 Å². The van der Waals surface area contributed by atoms with Crippen molar-refractivity contribution in [1.29, 1.82) is 5.41 Å². The van der Waals surface area contributed by atoms with Gasteiger partial charge in [-0.25, -0.2) is 19.6 Å². The molecule has 0 saturated heterocycles. The number of benzene rings is 1. The minimum Gasteiger partial charge on any atom is -0.481 e. The van der Waals surface area contributed by atoms with Gasteiger partial charge in [0.1, 0.15) is 30.2 Å². The maximum Gasteiger partial charge on any atom is 0.327 e. The summed E-state index contributed by atoms with van der Waals surface area (Å²) >= 11 is 0. The lowest BCUT2D eigenvalue weighted by Crippen LogP contribution is -2.58. The third kappa shape index (κ3) is 19.5. The average molecular weight is 1010 g/mol. The zero-order valence-corrected chi connectivity index (χ0v) is 37.8. The molecule has 5 atom stereocenters. The number of aliphatic carboxylic acids is 4. The van der Waals surface area contributed by atoms with Gasteiger partial charge in [0.25, 0.3) is 11.5 Å². The predicted octanol–water partition coefficient (Wildman–Crippen LogP) is -3.52. The van der Waals surface area contributed by atoms with Crippen molar-refractivity contribution in [3.8, 4) is 0 Å². The van der Waals surface area contributed by atoms with Crippen LogP contribution >= 0.6 is 21.6 Å². The highest BCUT2D eigenvalue weighted by Gasteiger charge is 2.33. The topological polar surface area (TPSA) is 486 Å². The number of carboxylic acids is 4. The van der Waals surface area contributed by atoms with E-state index < -0.39 is 121 Å². The molecule has 0 saturated carbocycles. The lowest BCUT2D eigenvalue weighted by molar-refractivity contribution is -0.143. The lowest BCUT2D eigenvalue weighted by Gasteiger charge is -2.25. The number of H-pyrrole nitrogens is 1. The first-order valence-corrected chi connectivity index (χ1v) is 22.8. The quantitative estimate of drug-likeness (QED) is 0.0133. The molecule has 3 rings (SSSR count). The van der Waals surface area contributed by atoms with Gasteiger partial charge in [-0.05, 0) is 43.5 Å². The number of carbonyl (C=O) groups excluding carboxylic acids is 5. The Labute approximate surface area is 397 Å². The van der Waals surface area contributed by atoms with Gasteiger partial charge in [0.2, 0.25) is 29.6 Å². The maximum atomic E-state index is 13.6. The molecule has 374 valence electrons. The number of anilines is 2. The summed E-state index contributed by atoms with van der Waals surface area (Å²) in [5, 5.41) is 71.2. The maximum absolute atomic E-state index is 13.6. The number of aromatic amines is 1. The minimum atomic E-state index is -1.90. The van der Waals surface area contributed by atoms with E-state index in [4.69, 9.17) is 22.0 Å². The molecule has 1 aromatic carbocycles. The lowest BCUT2D eigenvalue weighted by atomic mass is 10.1. The van der Waals surface area contributed by atoms with Gasteiger partial charge in [0.15, 0.2) is 17.1 Å². The third-order valence-electron chi connectivity index (χ3n) is 9.14. The van der Waals surface area contributed by atoms with E-state index in [2.05, 4.69) is 57.2 Å². The van der Waals surface area contributed by atoms with Gasteiger partial charge in [-0.2, -0.15) is 4.98 Å². The van der Waals surface area contributed by atoms with Gasteiger partial charge in [-0.3, -0.25) is 48.7 Å². The molecule has 0 aliphatic heterocycles. The highest BCUT2D eigenvalue weighted by atomic mass is 33.1. The number of aliphatic hydroxyl groups is 1. The number of aliphatic hydroxyl groups excluding tert-OH is 1. The van der Waals surface area contributed by atoms with Crippen molar-refractivity contribution in [2.45, 2.75) is 75.3 Å². The fraction of sp³-hybridized carbons (Fsp3) is 0.421. The van der Waals surface area contributed by atoms with Crippen LogP contribution < -0.4 is 54.2 Å². The molecule has 31 heteroatoms. The van der Waals surface area contributed by atoms with Crippen LogP contribution in [0.2, 0.25) is 0 Å². The summed E-state index contributed by atoms with van der Waals surface area (Å²) in [6.07, 6.45) is -2.26. The number of fused-ring (bicyclic) bond motifs is 1. The number of rotatable bonds is 30. The summed E-state index contributed by atoms with van der Waals surface area (Å²) in [6.45, 7) is -0.140. The van der Waals surface area contributed by atoms with Crippen LogP contribution in [0.3, 0.4) is 0 Å². The van der Waals surface area contributed by atoms with Crippen molar-refractivity contribution in [2.75, 3.05) is 35.7 Å². The number of hydrogen-bond donors (Lipinski definition) is 16. The molecule has 0 fully saturated rings. The van der Waals surface area contributed by atoms with E-state index >= 15 is 0 Å². The van der Waals surface area contributed by atoms with Crippen LogP contribution in [0.1, 0.15) is 54.6 Å². The summed E-state index contributed by atoms with van der Waals surface area (Å²) in [5.74, 6) is -12.3. The first-order valence-electron chi connectivity index (χ1n) is 20.4. The molecule has 0 aliphatic rings. The van der Waals surface area contributed by atoms with E-state index in [1.54, 1.807) is 0 Å². The number of carbonyl (C=O) groups is 9. The van der Waals surface area contributed by atoms with E-state index in [-0.39, 0.29) is 66.7 Å². The smallest absolute Gasteiger partial charge is 0.327 e. The molecular weight excluding hydrogens is 957 g/mol. The highest BCUT2D eigenvalue weighted by Crippen LogP contribution is 2.21. The van der Waals surface area contributed by atoms with Crippen LogP contribution in [0.25, 0.3) is 11.2 Å². The monoisotopic (exact) mass is 1010 g/mol. The summed E-state index contributed by atoms with van der Waals surface area (Å²) in [7, 11) is 2.09. The molecule has 29 nitrogen and oxygen atoms in total. The summed E-state index contributed by atoms with van der Waals surface area (Å²) < 4.78 is 0. The number of carboxylic acid groups (broad SMARTS) is 4. The van der Waals surface area contributed by atoms with Crippen LogP contribution in [0, 0.1) is 5.41 Å². The van der Waals surface area contributed by atoms with Gasteiger partial charge in [-0.15, -0.1) is 0 Å². The van der Waals surface area contributed by atoms with Gasteiger partial charge in [0.05, 0.1) is 37.9 Å². The predicted molar refractivity (Wildman–Crippen MR) is 245 cm³/mol. The number of hydrogen-bond acceptors (Lipinski definition) is 19. The molecule has 0 unspecified atom stereocenters. The van der Waals surface area contributed by atoms with E-state index in [1.807, 2.05) is 0 Å². The second-order valence-electron chi connectivity index (χ2n) is 14.5. The van der Waals surface area contributed by atoms with E-state index in [1.165, 1.54) is 30.5 Å². The van der Waals surface area contributed by atoms with E-state index in [9.17, 15) is 68.4 Å². The summed E-state index contributed by atoms with van der Waals surface area (Å²) in [4.78, 5) is 140. The Bertz CT molecular complexity index is 2430. The Hall–Kier alpha value is -7.80. The Morgan fingerprint density at radius 3 is 1.94 bits per heavy atom. The second-order valence-corrected chi connectivity index (χ2v) is 17.1. The van der Waals surface area contributed by atoms with Gasteiger partial charge < -0.3 is 74.2 Å². The Balaban J connectivity index is 1.66. The fourth-order valence-electron chi connectivity index (χ4n) is 5.80. The highest BCUT2D eigenvalue weighted by molar-refractivity contribution is 8.76. The average Bonchev–Trinajstić information content (AvgIpc) is 3.27. The Morgan fingerprint density at radius 1 is 0.754 bits per heavy atom. The number of guanidine groups is 1. The fourth-order valence-corrected chi connectivity index (χ4v) is 7.72. The first kappa shape index (κ1) is 55.5. The van der Waals surface area contributed by atoms with Crippen molar-refractivity contribution in [3.63, 3.8) is 0 Å². The van der Waals surface area contributed by atoms with Crippen LogP contribution in [-0.4, -0.2) is 160 Å². The number of nitrogens with two attached hydrogens (primary N) is 2. The number of aromatic nitrogens is 4. The molecule has 0 spiro atoms. The van der Waals surface area contributed by atoms with Crippen molar-refractivity contribution >= 4 is 104 Å². The molecule has 0 bridgehead atoms. The number of amides is 5. The standard InChI is InChI=1S/C38H50N14O15S2/c39-37(40)42-9-1-2-20(31(60)49-23(13-27(57)58)33(62)50-24(36(66)67)16-69-68-11-10-53)47-32(61)22(12-26(55)56)46-25(54)8-7-21(35(64)65)48-30(59)17-3-5-18(6-4-17)43-14-19-15-44-29-28(45-19)34(63)52-38(41)51-29/h3-6,15,20-24,43,53H,1-2,7-14,16H2,(H,46,54)(H,47,61)(H,48,59)(H,49,60)(H,50,62)(H,55,56)(H,57,58)(H,64,65)(H,66,67)(H4,39,40,42)(H3,41,44,51,52,63)/t20-,21-,22-,23-,24-/m0/s1. The SMILES string of the molecule is N=C(N)NCCC[C@H](NC(=O)[C@H](CC(=O)O)NC(=O)CC[C@H](NC(=O)c1ccc(NCc2cnc3nc(N)[nH]c(=O)c3n2)cc1)C(=O)O)C(=O)N[C@@H](CC(=O)O)C(=O)N[C@@H](CSSCCO)C(=O)O. The molecule has 0 radical (unpaired) electrons. The Morgan fingerprint density at radius 2 is 1.35 bits per heavy atom. The van der Waals surface area contributed by atoms with Crippen LogP contribution in [-0.2, 0) is 44.9 Å². The van der Waals surface area contributed by atoms with Gasteiger partial charge >= 0.3 is 23.9 Å². The molecule has 5 amide bonds. The molecule has 0 aliphatic carbocycles. The second kappa shape index (κ2) is 27.7. The largest absolute Gasteiger partial charge is 0.481 e. The zero-order valence-electron chi connectivity index (χ0n) is 36.2. The minimum absolute atomic E-state index is 0.0161. The van der Waals surface area contributed by atoms with Crippen LogP contribution in [0.5, 0.6) is 0 Å².